The van der Waals surface area contributed by atoms with Gasteiger partial charge >= 0.3 is 5.00 Å². The first-order valence-corrected chi connectivity index (χ1v) is 4.78. The predicted molar refractivity (Wildman–Crippen MR) is 48.2 cm³/mol. The van der Waals surface area contributed by atoms with Gasteiger partial charge in [0.1, 0.15) is 4.47 Å². The molecule has 1 aromatic rings. The van der Waals surface area contributed by atoms with Gasteiger partial charge in [-0.3, -0.25) is 10.1 Å². The Bertz CT molecular complexity index is 288. The van der Waals surface area contributed by atoms with E-state index in [0.29, 0.717) is 10.4 Å². The molecule has 0 aliphatic carbocycles. The first-order valence-electron chi connectivity index (χ1n) is 2.63. The zero-order chi connectivity index (χ0) is 8.43. The van der Waals surface area contributed by atoms with Gasteiger partial charge in [-0.2, -0.15) is 0 Å². The summed E-state index contributed by atoms with van der Waals surface area (Å²) in [6.07, 6.45) is 0. The Kier molecular flexibility index (Phi) is 2.86. The van der Waals surface area contributed by atoms with Gasteiger partial charge in [0.25, 0.3) is 0 Å². The van der Waals surface area contributed by atoms with Crippen molar-refractivity contribution in [1.29, 1.82) is 0 Å². The number of nitro groups is 1. The fourth-order valence-corrected chi connectivity index (χ4v) is 2.36. The summed E-state index contributed by atoms with van der Waals surface area (Å²) in [5.74, 6) is 0.317. The minimum atomic E-state index is -0.426. The predicted octanol–water partition coefficient (Wildman–Crippen LogP) is 3.16. The molecule has 6 heteroatoms. The molecule has 0 atom stereocenters. The van der Waals surface area contributed by atoms with Gasteiger partial charge < -0.3 is 0 Å². The van der Waals surface area contributed by atoms with Gasteiger partial charge in [0, 0.05) is 4.88 Å². The number of hydrogen-bond acceptors (Lipinski definition) is 3. The van der Waals surface area contributed by atoms with E-state index in [1.165, 1.54) is 0 Å². The van der Waals surface area contributed by atoms with Crippen LogP contribution in [0.4, 0.5) is 5.00 Å². The van der Waals surface area contributed by atoms with Crippen molar-refractivity contribution in [3.05, 3.63) is 25.5 Å². The molecular formula is C5H3BrClNO2S. The van der Waals surface area contributed by atoms with Crippen molar-refractivity contribution in [1.82, 2.24) is 0 Å². The Balaban J connectivity index is 3.07. The van der Waals surface area contributed by atoms with Crippen LogP contribution in [0.25, 0.3) is 0 Å². The lowest BCUT2D eigenvalue weighted by atomic mass is 10.5. The number of alkyl halides is 1. The van der Waals surface area contributed by atoms with Gasteiger partial charge in [0.05, 0.1) is 10.8 Å². The van der Waals surface area contributed by atoms with Crippen molar-refractivity contribution in [2.45, 2.75) is 5.88 Å². The van der Waals surface area contributed by atoms with Crippen molar-refractivity contribution in [2.75, 3.05) is 0 Å². The van der Waals surface area contributed by atoms with E-state index in [1.54, 1.807) is 6.07 Å². The van der Waals surface area contributed by atoms with Crippen LogP contribution in [-0.2, 0) is 5.88 Å². The molecule has 0 unspecified atom stereocenters. The van der Waals surface area contributed by atoms with Crippen LogP contribution in [0.1, 0.15) is 4.88 Å². The van der Waals surface area contributed by atoms with Crippen LogP contribution in [0.15, 0.2) is 10.5 Å². The Morgan fingerprint density at radius 2 is 2.45 bits per heavy atom. The molecule has 1 heterocycles. The van der Waals surface area contributed by atoms with E-state index >= 15 is 0 Å². The van der Waals surface area contributed by atoms with E-state index in [9.17, 15) is 10.1 Å². The highest BCUT2D eigenvalue weighted by molar-refractivity contribution is 9.10. The molecule has 1 rings (SSSR count). The maximum atomic E-state index is 10.3. The van der Waals surface area contributed by atoms with Crippen LogP contribution < -0.4 is 0 Å². The van der Waals surface area contributed by atoms with E-state index in [-0.39, 0.29) is 5.00 Å². The minimum absolute atomic E-state index is 0.112. The molecule has 0 fully saturated rings. The highest BCUT2D eigenvalue weighted by Gasteiger charge is 2.15. The molecule has 0 aliphatic rings. The second-order valence-electron chi connectivity index (χ2n) is 1.76. The molecule has 0 radical (unpaired) electrons. The highest BCUT2D eigenvalue weighted by atomic mass is 79.9. The number of nitrogens with zero attached hydrogens (tertiary/aromatic N) is 1. The van der Waals surface area contributed by atoms with Crippen molar-refractivity contribution >= 4 is 43.9 Å². The molecule has 0 aliphatic heterocycles. The quantitative estimate of drug-likeness (QED) is 0.463. The van der Waals surface area contributed by atoms with Crippen LogP contribution in [0.3, 0.4) is 0 Å². The van der Waals surface area contributed by atoms with E-state index in [1.807, 2.05) is 0 Å². The van der Waals surface area contributed by atoms with Gasteiger partial charge in [0.2, 0.25) is 0 Å². The lowest BCUT2D eigenvalue weighted by molar-refractivity contribution is -0.380. The topological polar surface area (TPSA) is 43.1 Å². The maximum Gasteiger partial charge on any atom is 0.338 e. The molecule has 0 aromatic carbocycles. The Labute approximate surface area is 80.3 Å². The van der Waals surface area contributed by atoms with E-state index < -0.39 is 4.92 Å². The monoisotopic (exact) mass is 255 g/mol. The van der Waals surface area contributed by atoms with Gasteiger partial charge in [-0.15, -0.1) is 11.6 Å². The molecule has 11 heavy (non-hydrogen) atoms. The van der Waals surface area contributed by atoms with Crippen molar-refractivity contribution in [3.63, 3.8) is 0 Å². The van der Waals surface area contributed by atoms with Crippen LogP contribution >= 0.6 is 38.9 Å². The van der Waals surface area contributed by atoms with Crippen molar-refractivity contribution in [3.8, 4) is 0 Å². The van der Waals surface area contributed by atoms with Gasteiger partial charge in [-0.1, -0.05) is 11.3 Å². The highest BCUT2D eigenvalue weighted by Crippen LogP contribution is 2.34. The zero-order valence-corrected chi connectivity index (χ0v) is 8.37. The van der Waals surface area contributed by atoms with Crippen molar-refractivity contribution in [2.24, 2.45) is 0 Å². The van der Waals surface area contributed by atoms with Gasteiger partial charge in [-0.25, -0.2) is 0 Å². The molecule has 1 aromatic heterocycles. The fraction of sp³-hybridized carbons (Fsp3) is 0.200. The standard InChI is InChI=1S/C5H3BrClNO2S/c6-4-1-3(2-7)11-5(4)8(9)10/h1H,2H2. The number of hydrogen-bond donors (Lipinski definition) is 0. The summed E-state index contributed by atoms with van der Waals surface area (Å²) in [5, 5.41) is 10.4. The van der Waals surface area contributed by atoms with E-state index in [0.717, 1.165) is 16.2 Å². The first kappa shape index (κ1) is 8.96. The summed E-state index contributed by atoms with van der Waals surface area (Å²) in [4.78, 5) is 10.7. The summed E-state index contributed by atoms with van der Waals surface area (Å²) in [6, 6.07) is 1.66. The Hall–Kier alpha value is -0.130. The second-order valence-corrected chi connectivity index (χ2v) is 3.99. The Morgan fingerprint density at radius 3 is 2.73 bits per heavy atom. The lowest BCUT2D eigenvalue weighted by Crippen LogP contribution is -1.82. The molecule has 0 bridgehead atoms. The number of thiophene rings is 1. The average Bonchev–Trinajstić information content (AvgIpc) is 2.30. The van der Waals surface area contributed by atoms with Gasteiger partial charge in [0.15, 0.2) is 0 Å². The van der Waals surface area contributed by atoms with Crippen LogP contribution in [-0.4, -0.2) is 4.92 Å². The summed E-state index contributed by atoms with van der Waals surface area (Å²) >= 11 is 9.64. The van der Waals surface area contributed by atoms with Crippen LogP contribution in [0.5, 0.6) is 0 Å². The number of rotatable bonds is 2. The third-order valence-corrected chi connectivity index (χ3v) is 3.42. The summed E-state index contributed by atoms with van der Waals surface area (Å²) in [6.45, 7) is 0. The molecule has 60 valence electrons. The molecule has 3 nitrogen and oxygen atoms in total. The minimum Gasteiger partial charge on any atom is -0.258 e. The van der Waals surface area contributed by atoms with Crippen LogP contribution in [0.2, 0.25) is 0 Å². The summed E-state index contributed by atoms with van der Waals surface area (Å²) in [5.41, 5.74) is 0. The largest absolute Gasteiger partial charge is 0.338 e. The molecule has 0 saturated heterocycles. The first-order chi connectivity index (χ1) is 5.15. The average molecular weight is 257 g/mol. The third kappa shape index (κ3) is 1.91. The smallest absolute Gasteiger partial charge is 0.258 e. The second kappa shape index (κ2) is 3.51. The Morgan fingerprint density at radius 1 is 1.82 bits per heavy atom. The number of halogens is 2. The molecule has 0 N–H and O–H groups in total. The SMILES string of the molecule is O=[N+]([O-])c1sc(CCl)cc1Br. The molecule has 0 amide bonds. The summed E-state index contributed by atoms with van der Waals surface area (Å²) in [7, 11) is 0. The third-order valence-electron chi connectivity index (χ3n) is 1.02. The lowest BCUT2D eigenvalue weighted by Gasteiger charge is -1.82. The van der Waals surface area contributed by atoms with Crippen molar-refractivity contribution < 1.29 is 4.92 Å². The normalized spacial score (nSPS) is 10.0. The maximum absolute atomic E-state index is 10.3. The zero-order valence-electron chi connectivity index (χ0n) is 5.21. The van der Waals surface area contributed by atoms with Crippen LogP contribution in [0, 0.1) is 10.1 Å². The van der Waals surface area contributed by atoms with E-state index in [2.05, 4.69) is 15.9 Å². The molecular weight excluding hydrogens is 253 g/mol. The van der Waals surface area contributed by atoms with E-state index in [4.69, 9.17) is 11.6 Å². The summed E-state index contributed by atoms with van der Waals surface area (Å²) < 4.78 is 0.503. The molecule has 0 saturated carbocycles. The van der Waals surface area contributed by atoms with Gasteiger partial charge in [-0.05, 0) is 22.0 Å². The fourth-order valence-electron chi connectivity index (χ4n) is 0.596. The molecule has 0 spiro atoms.